The number of rotatable bonds is 3. The highest BCUT2D eigenvalue weighted by molar-refractivity contribution is 6.12. The Kier molecular flexibility index (Phi) is 3.29. The lowest BCUT2D eigenvalue weighted by Crippen LogP contribution is -2.06. The Morgan fingerprint density at radius 1 is 1.16 bits per heavy atom. The molecule has 0 atom stereocenters. The number of nitrogens with two attached hydrogens (primary N) is 1. The van der Waals surface area contributed by atoms with Crippen LogP contribution in [0.1, 0.15) is 21.5 Å². The van der Waals surface area contributed by atoms with E-state index >= 15 is 0 Å². The predicted molar refractivity (Wildman–Crippen MR) is 72.1 cm³/mol. The van der Waals surface area contributed by atoms with Gasteiger partial charge >= 0.3 is 0 Å². The van der Waals surface area contributed by atoms with Crippen LogP contribution in [-0.2, 0) is 0 Å². The molecule has 0 bridgehead atoms. The second-order valence-electron chi connectivity index (χ2n) is 4.22. The zero-order valence-corrected chi connectivity index (χ0v) is 10.3. The Bertz CT molecular complexity index is 648. The lowest BCUT2D eigenvalue weighted by molar-refractivity contribution is -0.384. The van der Waals surface area contributed by atoms with Gasteiger partial charge in [0.15, 0.2) is 5.78 Å². The summed E-state index contributed by atoms with van der Waals surface area (Å²) in [6.07, 6.45) is 0. The molecule has 0 radical (unpaired) electrons. The first-order valence-corrected chi connectivity index (χ1v) is 5.64. The predicted octanol–water partition coefficient (Wildman–Crippen LogP) is 2.72. The number of nitro groups is 1. The minimum Gasteiger partial charge on any atom is -0.398 e. The fraction of sp³-hybridized carbons (Fsp3) is 0.0714. The van der Waals surface area contributed by atoms with Crippen molar-refractivity contribution in [3.63, 3.8) is 0 Å². The summed E-state index contributed by atoms with van der Waals surface area (Å²) < 4.78 is 0. The molecule has 19 heavy (non-hydrogen) atoms. The summed E-state index contributed by atoms with van der Waals surface area (Å²) in [5, 5.41) is 10.6. The number of carbonyl (C=O) groups excluding carboxylic acids is 1. The molecule has 2 N–H and O–H groups in total. The zero-order valence-electron chi connectivity index (χ0n) is 10.3. The second-order valence-corrected chi connectivity index (χ2v) is 4.22. The number of nitro benzene ring substituents is 1. The van der Waals surface area contributed by atoms with Gasteiger partial charge in [-0.25, -0.2) is 0 Å². The highest BCUT2D eigenvalue weighted by atomic mass is 16.6. The molecule has 0 saturated carbocycles. The number of ketones is 1. The largest absolute Gasteiger partial charge is 0.398 e. The third-order valence-electron chi connectivity index (χ3n) is 2.80. The summed E-state index contributed by atoms with van der Waals surface area (Å²) in [5.41, 5.74) is 7.51. The van der Waals surface area contributed by atoms with E-state index in [2.05, 4.69) is 0 Å². The normalized spacial score (nSPS) is 10.2. The third-order valence-corrected chi connectivity index (χ3v) is 2.80. The standard InChI is InChI=1S/C14H12N2O3/c1-9-2-4-10(5-3-9)14(17)12-7-6-11(16(18)19)8-13(12)15/h2-8H,15H2,1H3. The van der Waals surface area contributed by atoms with Gasteiger partial charge < -0.3 is 5.73 Å². The van der Waals surface area contributed by atoms with Crippen LogP contribution in [0.5, 0.6) is 0 Å². The Hall–Kier alpha value is -2.69. The van der Waals surface area contributed by atoms with Crippen LogP contribution in [0.25, 0.3) is 0 Å². The van der Waals surface area contributed by atoms with Crippen LogP contribution in [0.15, 0.2) is 42.5 Å². The molecule has 0 saturated heterocycles. The molecule has 2 aromatic rings. The molecule has 0 aliphatic heterocycles. The van der Waals surface area contributed by atoms with Crippen LogP contribution < -0.4 is 5.73 Å². The van der Waals surface area contributed by atoms with Crippen molar-refractivity contribution in [3.8, 4) is 0 Å². The van der Waals surface area contributed by atoms with E-state index < -0.39 is 4.92 Å². The molecule has 2 rings (SSSR count). The van der Waals surface area contributed by atoms with Gasteiger partial charge in [0.05, 0.1) is 4.92 Å². The van der Waals surface area contributed by atoms with E-state index in [4.69, 9.17) is 5.73 Å². The number of aryl methyl sites for hydroxylation is 1. The molecule has 0 amide bonds. The van der Waals surface area contributed by atoms with Crippen molar-refractivity contribution in [3.05, 3.63) is 69.3 Å². The minimum atomic E-state index is -0.545. The number of hydrogen-bond donors (Lipinski definition) is 1. The molecule has 0 heterocycles. The number of hydrogen-bond acceptors (Lipinski definition) is 4. The summed E-state index contributed by atoms with van der Waals surface area (Å²) in [5.74, 6) is -0.243. The van der Waals surface area contributed by atoms with E-state index in [1.165, 1.54) is 18.2 Å². The van der Waals surface area contributed by atoms with E-state index in [9.17, 15) is 14.9 Å². The number of nitrogen functional groups attached to an aromatic ring is 1. The van der Waals surface area contributed by atoms with Gasteiger partial charge in [-0.3, -0.25) is 14.9 Å². The molecule has 0 fully saturated rings. The van der Waals surface area contributed by atoms with Crippen LogP contribution in [0.4, 0.5) is 11.4 Å². The van der Waals surface area contributed by atoms with Crippen molar-refractivity contribution < 1.29 is 9.72 Å². The van der Waals surface area contributed by atoms with Crippen molar-refractivity contribution in [2.24, 2.45) is 0 Å². The van der Waals surface area contributed by atoms with Crippen LogP contribution in [0.2, 0.25) is 0 Å². The van der Waals surface area contributed by atoms with E-state index in [1.54, 1.807) is 12.1 Å². The van der Waals surface area contributed by atoms with E-state index in [-0.39, 0.29) is 22.7 Å². The number of benzene rings is 2. The summed E-state index contributed by atoms with van der Waals surface area (Å²) in [6.45, 7) is 1.93. The molecular formula is C14H12N2O3. The van der Waals surface area contributed by atoms with E-state index in [0.717, 1.165) is 5.56 Å². The van der Waals surface area contributed by atoms with E-state index in [0.29, 0.717) is 5.56 Å². The summed E-state index contributed by atoms with van der Waals surface area (Å²) in [6, 6.07) is 10.9. The first-order chi connectivity index (χ1) is 8.99. The fourth-order valence-corrected chi connectivity index (χ4v) is 1.73. The van der Waals surface area contributed by atoms with E-state index in [1.807, 2.05) is 19.1 Å². The van der Waals surface area contributed by atoms with Crippen molar-refractivity contribution in [2.75, 3.05) is 5.73 Å². The van der Waals surface area contributed by atoms with Gasteiger partial charge in [0.2, 0.25) is 0 Å². The van der Waals surface area contributed by atoms with Gasteiger partial charge in [-0.2, -0.15) is 0 Å². The number of carbonyl (C=O) groups is 1. The lowest BCUT2D eigenvalue weighted by Gasteiger charge is -2.05. The molecule has 0 aliphatic rings. The quantitative estimate of drug-likeness (QED) is 0.396. The zero-order chi connectivity index (χ0) is 14.0. The first-order valence-electron chi connectivity index (χ1n) is 5.64. The van der Waals surface area contributed by atoms with Gasteiger partial charge in [-0.15, -0.1) is 0 Å². The molecule has 0 aliphatic carbocycles. The Morgan fingerprint density at radius 2 is 1.79 bits per heavy atom. The molecule has 2 aromatic carbocycles. The van der Waals surface area contributed by atoms with Crippen LogP contribution in [0, 0.1) is 17.0 Å². The van der Waals surface area contributed by atoms with Gasteiger partial charge in [-0.05, 0) is 13.0 Å². The molecule has 0 unspecified atom stereocenters. The summed E-state index contributed by atoms with van der Waals surface area (Å²) in [4.78, 5) is 22.3. The lowest BCUT2D eigenvalue weighted by atomic mass is 10.0. The van der Waals surface area contributed by atoms with Crippen molar-refractivity contribution >= 4 is 17.2 Å². The highest BCUT2D eigenvalue weighted by Gasteiger charge is 2.15. The van der Waals surface area contributed by atoms with Crippen molar-refractivity contribution in [1.29, 1.82) is 0 Å². The molecular weight excluding hydrogens is 244 g/mol. The van der Waals surface area contributed by atoms with Crippen LogP contribution in [-0.4, -0.2) is 10.7 Å². The van der Waals surface area contributed by atoms with Crippen molar-refractivity contribution in [2.45, 2.75) is 6.92 Å². The summed E-state index contributed by atoms with van der Waals surface area (Å²) >= 11 is 0. The van der Waals surface area contributed by atoms with Crippen LogP contribution in [0.3, 0.4) is 0 Å². The van der Waals surface area contributed by atoms with Crippen LogP contribution >= 0.6 is 0 Å². The molecule has 96 valence electrons. The second kappa shape index (κ2) is 4.89. The number of anilines is 1. The van der Waals surface area contributed by atoms with Crippen molar-refractivity contribution in [1.82, 2.24) is 0 Å². The summed E-state index contributed by atoms with van der Waals surface area (Å²) in [7, 11) is 0. The third kappa shape index (κ3) is 2.60. The minimum absolute atomic E-state index is 0.111. The number of non-ortho nitro benzene ring substituents is 1. The monoisotopic (exact) mass is 256 g/mol. The SMILES string of the molecule is Cc1ccc(C(=O)c2ccc([N+](=O)[O-])cc2N)cc1. The van der Waals surface area contributed by atoms with Gasteiger partial charge in [0.1, 0.15) is 0 Å². The Balaban J connectivity index is 2.39. The average Bonchev–Trinajstić information content (AvgIpc) is 2.38. The Morgan fingerprint density at radius 3 is 2.32 bits per heavy atom. The maximum atomic E-state index is 12.2. The topological polar surface area (TPSA) is 86.2 Å². The highest BCUT2D eigenvalue weighted by Crippen LogP contribution is 2.22. The molecule has 0 spiro atoms. The van der Waals surface area contributed by atoms with Gasteiger partial charge in [0, 0.05) is 28.9 Å². The smallest absolute Gasteiger partial charge is 0.271 e. The first kappa shape index (κ1) is 12.8. The van der Waals surface area contributed by atoms with Gasteiger partial charge in [-0.1, -0.05) is 29.8 Å². The molecule has 0 aromatic heterocycles. The maximum Gasteiger partial charge on any atom is 0.271 e. The molecule has 5 heteroatoms. The maximum absolute atomic E-state index is 12.2. The average molecular weight is 256 g/mol. The van der Waals surface area contributed by atoms with Gasteiger partial charge in [0.25, 0.3) is 5.69 Å². The Labute approximate surface area is 109 Å². The number of nitrogens with zero attached hydrogens (tertiary/aromatic N) is 1. The molecule has 5 nitrogen and oxygen atoms in total. The fourth-order valence-electron chi connectivity index (χ4n) is 1.73.